The molecule has 3 aromatic heterocycles. The Bertz CT molecular complexity index is 1170. The van der Waals surface area contributed by atoms with Crippen LogP contribution in [0.5, 0.6) is 5.88 Å². The highest BCUT2D eigenvalue weighted by atomic mass is 19.4. The molecule has 3 atom stereocenters. The van der Waals surface area contributed by atoms with Crippen molar-refractivity contribution in [2.45, 2.75) is 32.0 Å². The van der Waals surface area contributed by atoms with Crippen molar-refractivity contribution < 1.29 is 22.7 Å². The number of pyridine rings is 2. The van der Waals surface area contributed by atoms with E-state index < -0.39 is 11.7 Å². The zero-order valence-corrected chi connectivity index (χ0v) is 17.7. The fourth-order valence-corrected chi connectivity index (χ4v) is 4.30. The molecule has 2 fully saturated rings. The maximum absolute atomic E-state index is 13.6. The summed E-state index contributed by atoms with van der Waals surface area (Å²) in [7, 11) is 0. The number of carbonyl (C=O) groups is 1. The first kappa shape index (κ1) is 21.4. The smallest absolute Gasteiger partial charge is 0.416 e. The molecule has 33 heavy (non-hydrogen) atoms. The van der Waals surface area contributed by atoms with Crippen molar-refractivity contribution in [2.24, 2.45) is 11.8 Å². The van der Waals surface area contributed by atoms with Crippen molar-refractivity contribution in [1.82, 2.24) is 29.9 Å². The van der Waals surface area contributed by atoms with E-state index in [-0.39, 0.29) is 30.1 Å². The molecule has 0 spiro atoms. The number of halogens is 3. The highest BCUT2D eigenvalue weighted by Gasteiger charge is 2.48. The molecule has 1 saturated heterocycles. The van der Waals surface area contributed by atoms with E-state index in [0.717, 1.165) is 31.2 Å². The van der Waals surface area contributed by atoms with Gasteiger partial charge in [-0.3, -0.25) is 4.79 Å². The highest BCUT2D eigenvalue weighted by molar-refractivity contribution is 5.96. The van der Waals surface area contributed by atoms with E-state index in [1.165, 1.54) is 17.2 Å². The average Bonchev–Trinajstić information content (AvgIpc) is 3.34. The number of fused-ring (bicyclic) bond motifs is 1. The molecule has 4 heterocycles. The van der Waals surface area contributed by atoms with Gasteiger partial charge in [-0.25, -0.2) is 9.97 Å². The van der Waals surface area contributed by atoms with Crippen molar-refractivity contribution in [3.8, 4) is 11.6 Å². The molecule has 2 aliphatic rings. The summed E-state index contributed by atoms with van der Waals surface area (Å²) in [4.78, 5) is 25.0. The van der Waals surface area contributed by atoms with Gasteiger partial charge in [-0.05, 0) is 49.8 Å². The van der Waals surface area contributed by atoms with Crippen molar-refractivity contribution in [1.29, 1.82) is 0 Å². The van der Waals surface area contributed by atoms with Crippen LogP contribution in [-0.2, 0) is 6.18 Å². The van der Waals surface area contributed by atoms with Crippen LogP contribution < -0.4 is 4.74 Å². The Morgan fingerprint density at radius 1 is 1.12 bits per heavy atom. The lowest BCUT2D eigenvalue weighted by Crippen LogP contribution is -2.48. The molecule has 0 radical (unpaired) electrons. The van der Waals surface area contributed by atoms with Crippen LogP contribution in [0.2, 0.25) is 0 Å². The lowest BCUT2D eigenvalue weighted by Gasteiger charge is -2.35. The molecule has 0 N–H and O–H groups in total. The molecule has 1 saturated carbocycles. The van der Waals surface area contributed by atoms with Crippen LogP contribution in [0.3, 0.4) is 0 Å². The van der Waals surface area contributed by atoms with E-state index in [2.05, 4.69) is 20.2 Å². The van der Waals surface area contributed by atoms with Gasteiger partial charge in [0.25, 0.3) is 5.91 Å². The SMILES string of the molecule is Cc1ccc(-n2nccn2)c(C(=O)N2C[C@H]3C[C@H]3C[C@H]2COc2cc(C(F)(F)F)ccn2)n1. The third-order valence-electron chi connectivity index (χ3n) is 6.11. The third kappa shape index (κ3) is 4.39. The number of nitrogens with zero attached hydrogens (tertiary/aromatic N) is 6. The molecule has 8 nitrogen and oxygen atoms in total. The monoisotopic (exact) mass is 458 g/mol. The number of ether oxygens (including phenoxy) is 1. The van der Waals surface area contributed by atoms with Gasteiger partial charge >= 0.3 is 6.18 Å². The van der Waals surface area contributed by atoms with Crippen LogP contribution in [0.4, 0.5) is 13.2 Å². The number of hydrogen-bond acceptors (Lipinski definition) is 6. The van der Waals surface area contributed by atoms with Crippen molar-refractivity contribution in [3.63, 3.8) is 0 Å². The number of hydrogen-bond donors (Lipinski definition) is 0. The summed E-state index contributed by atoms with van der Waals surface area (Å²) >= 11 is 0. The standard InChI is InChI=1S/C22H21F3N6O2/c1-13-2-3-18(31-27-6-7-28-31)20(29-13)21(32)30-11-15-8-14(15)9-17(30)12-33-19-10-16(4-5-26-19)22(23,24)25/h2-7,10,14-15,17H,8-9,11-12H2,1H3/t14-,15+,17-/m0/s1. The summed E-state index contributed by atoms with van der Waals surface area (Å²) < 4.78 is 44.7. The maximum atomic E-state index is 13.6. The Morgan fingerprint density at radius 3 is 2.67 bits per heavy atom. The Kier molecular flexibility index (Phi) is 5.26. The number of aryl methyl sites for hydroxylation is 1. The van der Waals surface area contributed by atoms with E-state index in [9.17, 15) is 18.0 Å². The van der Waals surface area contributed by atoms with Crippen molar-refractivity contribution >= 4 is 5.91 Å². The van der Waals surface area contributed by atoms with Gasteiger partial charge < -0.3 is 9.64 Å². The minimum Gasteiger partial charge on any atom is -0.475 e. The summed E-state index contributed by atoms with van der Waals surface area (Å²) in [5, 5.41) is 8.24. The molecule has 0 bridgehead atoms. The largest absolute Gasteiger partial charge is 0.475 e. The molecule has 0 aromatic carbocycles. The van der Waals surface area contributed by atoms with E-state index >= 15 is 0 Å². The number of alkyl halides is 3. The average molecular weight is 458 g/mol. The molecule has 1 aliphatic heterocycles. The lowest BCUT2D eigenvalue weighted by molar-refractivity contribution is -0.137. The predicted octanol–water partition coefficient (Wildman–Crippen LogP) is 3.31. The Balaban J connectivity index is 1.39. The quantitative estimate of drug-likeness (QED) is 0.583. The topological polar surface area (TPSA) is 86.0 Å². The molecule has 0 unspecified atom stereocenters. The summed E-state index contributed by atoms with van der Waals surface area (Å²) in [6.45, 7) is 2.39. The van der Waals surface area contributed by atoms with E-state index in [1.807, 2.05) is 0 Å². The second kappa shape index (κ2) is 8.13. The minimum atomic E-state index is -4.48. The zero-order chi connectivity index (χ0) is 23.2. The van der Waals surface area contributed by atoms with Gasteiger partial charge in [0.05, 0.1) is 24.0 Å². The van der Waals surface area contributed by atoms with E-state index in [0.29, 0.717) is 29.8 Å². The summed E-state index contributed by atoms with van der Waals surface area (Å²) in [5.74, 6) is 0.523. The molecular formula is C22H21F3N6O2. The molecule has 11 heteroatoms. The lowest BCUT2D eigenvalue weighted by atomic mass is 10.0. The van der Waals surface area contributed by atoms with Crippen LogP contribution >= 0.6 is 0 Å². The fourth-order valence-electron chi connectivity index (χ4n) is 4.30. The maximum Gasteiger partial charge on any atom is 0.416 e. The Morgan fingerprint density at radius 2 is 1.91 bits per heavy atom. The summed E-state index contributed by atoms with van der Waals surface area (Å²) in [6, 6.07) is 4.99. The number of amides is 1. The fraction of sp³-hybridized carbons (Fsp3) is 0.409. The molecule has 1 aliphatic carbocycles. The summed E-state index contributed by atoms with van der Waals surface area (Å²) in [5.41, 5.74) is 0.545. The molecule has 172 valence electrons. The Labute approximate surface area is 187 Å². The minimum absolute atomic E-state index is 0.0461. The molecule has 5 rings (SSSR count). The second-order valence-electron chi connectivity index (χ2n) is 8.43. The number of rotatable bonds is 5. The predicted molar refractivity (Wildman–Crippen MR) is 110 cm³/mol. The van der Waals surface area contributed by atoms with Crippen LogP contribution in [0.1, 0.15) is 34.6 Å². The van der Waals surface area contributed by atoms with Crippen molar-refractivity contribution in [2.75, 3.05) is 13.2 Å². The summed E-state index contributed by atoms with van der Waals surface area (Å²) in [6.07, 6.45) is 1.36. The van der Waals surface area contributed by atoms with Gasteiger partial charge in [-0.1, -0.05) is 0 Å². The van der Waals surface area contributed by atoms with E-state index in [1.54, 1.807) is 24.0 Å². The van der Waals surface area contributed by atoms with Crippen LogP contribution in [0, 0.1) is 18.8 Å². The highest BCUT2D eigenvalue weighted by Crippen LogP contribution is 2.47. The van der Waals surface area contributed by atoms with Gasteiger partial charge in [0.1, 0.15) is 12.3 Å². The molecular weight excluding hydrogens is 437 g/mol. The van der Waals surface area contributed by atoms with E-state index in [4.69, 9.17) is 4.74 Å². The normalized spacial score (nSPS) is 22.1. The molecule has 1 amide bonds. The number of piperidine rings is 1. The number of likely N-dealkylation sites (tertiary alicyclic amines) is 1. The van der Waals surface area contributed by atoms with Crippen molar-refractivity contribution in [3.05, 3.63) is 59.8 Å². The second-order valence-corrected chi connectivity index (χ2v) is 8.43. The number of aromatic nitrogens is 5. The van der Waals surface area contributed by atoms with Crippen LogP contribution in [0.25, 0.3) is 5.69 Å². The molecule has 3 aromatic rings. The van der Waals surface area contributed by atoms with Gasteiger partial charge in [-0.2, -0.15) is 23.4 Å². The first-order chi connectivity index (χ1) is 15.8. The zero-order valence-electron chi connectivity index (χ0n) is 17.7. The third-order valence-corrected chi connectivity index (χ3v) is 6.11. The first-order valence-corrected chi connectivity index (χ1v) is 10.6. The number of carbonyl (C=O) groups excluding carboxylic acids is 1. The van der Waals surface area contributed by atoms with Gasteiger partial charge in [0.15, 0.2) is 5.69 Å². The van der Waals surface area contributed by atoms with Gasteiger partial charge in [-0.15, -0.1) is 4.80 Å². The van der Waals surface area contributed by atoms with Crippen LogP contribution in [0.15, 0.2) is 42.9 Å². The van der Waals surface area contributed by atoms with Gasteiger partial charge in [0.2, 0.25) is 5.88 Å². The Hall–Kier alpha value is -3.50. The van der Waals surface area contributed by atoms with Gasteiger partial charge in [0, 0.05) is 24.5 Å². The van der Waals surface area contributed by atoms with Crippen LogP contribution in [-0.4, -0.2) is 55.0 Å². The first-order valence-electron chi connectivity index (χ1n) is 10.6.